The van der Waals surface area contributed by atoms with E-state index >= 15 is 0 Å². The SMILES string of the molecule is CS(=O)(=O)Cc1nc(C2COCCN2)cs1. The third-order valence-corrected chi connectivity index (χ3v) is 4.08. The number of aromatic nitrogens is 1. The van der Waals surface area contributed by atoms with E-state index in [1.54, 1.807) is 0 Å². The molecule has 1 N–H and O–H groups in total. The summed E-state index contributed by atoms with van der Waals surface area (Å²) in [4.78, 5) is 4.32. The van der Waals surface area contributed by atoms with Crippen LogP contribution in [0.2, 0.25) is 0 Å². The molecule has 1 atom stereocenters. The van der Waals surface area contributed by atoms with Crippen LogP contribution in [0.3, 0.4) is 0 Å². The van der Waals surface area contributed by atoms with Gasteiger partial charge in [0.2, 0.25) is 0 Å². The highest BCUT2D eigenvalue weighted by molar-refractivity contribution is 7.90. The average Bonchev–Trinajstić information content (AvgIpc) is 2.65. The van der Waals surface area contributed by atoms with Gasteiger partial charge in [0.05, 0.1) is 24.9 Å². The van der Waals surface area contributed by atoms with Gasteiger partial charge in [-0.15, -0.1) is 11.3 Å². The largest absolute Gasteiger partial charge is 0.378 e. The van der Waals surface area contributed by atoms with Crippen molar-refractivity contribution in [3.63, 3.8) is 0 Å². The van der Waals surface area contributed by atoms with E-state index in [2.05, 4.69) is 10.3 Å². The number of hydrogen-bond acceptors (Lipinski definition) is 6. The van der Waals surface area contributed by atoms with Crippen molar-refractivity contribution in [2.24, 2.45) is 0 Å². The van der Waals surface area contributed by atoms with Gasteiger partial charge in [0, 0.05) is 18.2 Å². The molecule has 2 rings (SSSR count). The fourth-order valence-corrected chi connectivity index (χ4v) is 3.59. The van der Waals surface area contributed by atoms with E-state index in [0.717, 1.165) is 18.8 Å². The summed E-state index contributed by atoms with van der Waals surface area (Å²) in [7, 11) is -3.00. The second-order valence-corrected chi connectivity index (χ2v) is 6.90. The smallest absolute Gasteiger partial charge is 0.153 e. The van der Waals surface area contributed by atoms with E-state index < -0.39 is 9.84 Å². The Labute approximate surface area is 98.8 Å². The Bertz CT molecular complexity index is 449. The van der Waals surface area contributed by atoms with Gasteiger partial charge in [0.1, 0.15) is 10.8 Å². The van der Waals surface area contributed by atoms with Gasteiger partial charge in [-0.1, -0.05) is 0 Å². The Hall–Kier alpha value is -0.500. The monoisotopic (exact) mass is 262 g/mol. The van der Waals surface area contributed by atoms with Crippen molar-refractivity contribution in [1.82, 2.24) is 10.3 Å². The lowest BCUT2D eigenvalue weighted by atomic mass is 10.2. The van der Waals surface area contributed by atoms with Gasteiger partial charge in [0.15, 0.2) is 9.84 Å². The summed E-state index contributed by atoms with van der Waals surface area (Å²) < 4.78 is 27.6. The summed E-state index contributed by atoms with van der Waals surface area (Å²) in [6.45, 7) is 2.13. The van der Waals surface area contributed by atoms with Crippen molar-refractivity contribution in [3.05, 3.63) is 16.1 Å². The van der Waals surface area contributed by atoms with Crippen LogP contribution < -0.4 is 5.32 Å². The fourth-order valence-electron chi connectivity index (χ4n) is 1.53. The van der Waals surface area contributed by atoms with E-state index in [0.29, 0.717) is 11.6 Å². The Kier molecular flexibility index (Phi) is 3.58. The molecule has 0 amide bonds. The average molecular weight is 262 g/mol. The van der Waals surface area contributed by atoms with Gasteiger partial charge in [-0.2, -0.15) is 0 Å². The van der Waals surface area contributed by atoms with Crippen molar-refractivity contribution >= 4 is 21.2 Å². The molecule has 0 bridgehead atoms. The van der Waals surface area contributed by atoms with E-state index in [1.165, 1.54) is 17.6 Å². The minimum atomic E-state index is -3.00. The first-order valence-electron chi connectivity index (χ1n) is 4.98. The molecule has 0 saturated carbocycles. The Balaban J connectivity index is 2.06. The molecule has 0 spiro atoms. The lowest BCUT2D eigenvalue weighted by Crippen LogP contribution is -2.34. The Morgan fingerprint density at radius 2 is 2.50 bits per heavy atom. The molecule has 1 aromatic heterocycles. The number of thiazole rings is 1. The van der Waals surface area contributed by atoms with Crippen LogP contribution in [0.25, 0.3) is 0 Å². The van der Waals surface area contributed by atoms with Gasteiger partial charge in [-0.05, 0) is 0 Å². The molecule has 1 aromatic rings. The third kappa shape index (κ3) is 3.24. The molecule has 1 aliphatic heterocycles. The number of nitrogens with zero attached hydrogens (tertiary/aromatic N) is 1. The normalized spacial score (nSPS) is 22.2. The van der Waals surface area contributed by atoms with E-state index in [1.807, 2.05) is 5.38 Å². The third-order valence-electron chi connectivity index (χ3n) is 2.23. The first-order valence-corrected chi connectivity index (χ1v) is 7.92. The second-order valence-electron chi connectivity index (χ2n) is 3.82. The molecule has 1 fully saturated rings. The highest BCUT2D eigenvalue weighted by atomic mass is 32.2. The van der Waals surface area contributed by atoms with Gasteiger partial charge in [-0.25, -0.2) is 13.4 Å². The van der Waals surface area contributed by atoms with Gasteiger partial charge >= 0.3 is 0 Å². The Morgan fingerprint density at radius 1 is 1.69 bits per heavy atom. The molecule has 0 aliphatic carbocycles. The van der Waals surface area contributed by atoms with Crippen LogP contribution in [0.15, 0.2) is 5.38 Å². The molecule has 7 heteroatoms. The fraction of sp³-hybridized carbons (Fsp3) is 0.667. The number of hydrogen-bond donors (Lipinski definition) is 1. The van der Waals surface area contributed by atoms with Crippen molar-refractivity contribution in [2.75, 3.05) is 26.0 Å². The summed E-state index contributed by atoms with van der Waals surface area (Å²) in [5.74, 6) is 0.0191. The molecule has 0 radical (unpaired) electrons. The number of nitrogens with one attached hydrogen (secondary N) is 1. The van der Waals surface area contributed by atoms with Crippen LogP contribution in [-0.2, 0) is 20.3 Å². The van der Waals surface area contributed by atoms with E-state index in [-0.39, 0.29) is 11.8 Å². The van der Waals surface area contributed by atoms with Crippen LogP contribution in [-0.4, -0.2) is 39.4 Å². The zero-order valence-corrected chi connectivity index (χ0v) is 10.6. The topological polar surface area (TPSA) is 68.3 Å². The minimum Gasteiger partial charge on any atom is -0.378 e. The van der Waals surface area contributed by atoms with Gasteiger partial charge < -0.3 is 10.1 Å². The number of rotatable bonds is 3. The number of sulfone groups is 1. The van der Waals surface area contributed by atoms with Crippen molar-refractivity contribution in [1.29, 1.82) is 0 Å². The molecule has 5 nitrogen and oxygen atoms in total. The van der Waals surface area contributed by atoms with E-state index in [4.69, 9.17) is 4.74 Å². The summed E-state index contributed by atoms with van der Waals surface area (Å²) in [6.07, 6.45) is 1.22. The maximum atomic E-state index is 11.1. The Morgan fingerprint density at radius 3 is 3.12 bits per heavy atom. The lowest BCUT2D eigenvalue weighted by Gasteiger charge is -2.21. The summed E-state index contributed by atoms with van der Waals surface area (Å²) >= 11 is 1.38. The minimum absolute atomic E-state index is 0.0191. The quantitative estimate of drug-likeness (QED) is 0.851. The molecule has 2 heterocycles. The summed E-state index contributed by atoms with van der Waals surface area (Å²) in [5.41, 5.74) is 0.878. The number of ether oxygens (including phenoxy) is 1. The molecule has 90 valence electrons. The van der Waals surface area contributed by atoms with Crippen LogP contribution in [0.1, 0.15) is 16.7 Å². The first kappa shape index (κ1) is 12.0. The summed E-state index contributed by atoms with van der Waals surface area (Å²) in [5, 5.41) is 5.82. The molecule has 0 aromatic carbocycles. The maximum absolute atomic E-state index is 11.1. The van der Waals surface area contributed by atoms with Gasteiger partial charge in [0.25, 0.3) is 0 Å². The van der Waals surface area contributed by atoms with Gasteiger partial charge in [-0.3, -0.25) is 0 Å². The zero-order valence-electron chi connectivity index (χ0n) is 8.97. The molecule has 1 saturated heterocycles. The maximum Gasteiger partial charge on any atom is 0.153 e. The van der Waals surface area contributed by atoms with Crippen molar-refractivity contribution in [3.8, 4) is 0 Å². The van der Waals surface area contributed by atoms with E-state index in [9.17, 15) is 8.42 Å². The molecular weight excluding hydrogens is 248 g/mol. The second kappa shape index (κ2) is 4.79. The lowest BCUT2D eigenvalue weighted by molar-refractivity contribution is 0.0758. The standard InChI is InChI=1S/C9H14N2O3S2/c1-16(12,13)6-9-11-8(5-15-9)7-4-14-3-2-10-7/h5,7,10H,2-4,6H2,1H3. The molecular formula is C9H14N2O3S2. The molecule has 1 unspecified atom stereocenters. The first-order chi connectivity index (χ1) is 7.54. The summed E-state index contributed by atoms with van der Waals surface area (Å²) in [6, 6.07) is 0.0957. The van der Waals surface area contributed by atoms with Crippen molar-refractivity contribution in [2.45, 2.75) is 11.8 Å². The van der Waals surface area contributed by atoms with Crippen LogP contribution >= 0.6 is 11.3 Å². The van der Waals surface area contributed by atoms with Crippen LogP contribution in [0, 0.1) is 0 Å². The highest BCUT2D eigenvalue weighted by Crippen LogP contribution is 2.20. The number of morpholine rings is 1. The van der Waals surface area contributed by atoms with Crippen molar-refractivity contribution < 1.29 is 13.2 Å². The highest BCUT2D eigenvalue weighted by Gasteiger charge is 2.19. The molecule has 16 heavy (non-hydrogen) atoms. The zero-order chi connectivity index (χ0) is 11.6. The predicted octanol–water partition coefficient (Wildman–Crippen LogP) is 0.349. The van der Waals surface area contributed by atoms with Crippen LogP contribution in [0.4, 0.5) is 0 Å². The van der Waals surface area contributed by atoms with Crippen LogP contribution in [0.5, 0.6) is 0 Å². The molecule has 1 aliphatic rings. The predicted molar refractivity (Wildman–Crippen MR) is 62.2 cm³/mol.